The number of halogens is 3. The van der Waals surface area contributed by atoms with Gasteiger partial charge in [-0.05, 0) is 60.6 Å². The molecule has 4 rings (SSSR count). The third-order valence-electron chi connectivity index (χ3n) is 6.47. The summed E-state index contributed by atoms with van der Waals surface area (Å²) in [6.45, 7) is 3.57. The number of hydrogen-bond acceptors (Lipinski definition) is 4. The monoisotopic (exact) mass is 473 g/mol. The van der Waals surface area contributed by atoms with E-state index in [0.29, 0.717) is 34.6 Å². The van der Waals surface area contributed by atoms with Crippen LogP contribution in [0.25, 0.3) is 10.9 Å². The van der Waals surface area contributed by atoms with E-state index in [-0.39, 0.29) is 36.4 Å². The second-order valence-electron chi connectivity index (χ2n) is 8.94. The van der Waals surface area contributed by atoms with Gasteiger partial charge in [0.05, 0.1) is 6.04 Å². The molecule has 0 spiro atoms. The van der Waals surface area contributed by atoms with E-state index in [1.165, 1.54) is 6.20 Å². The summed E-state index contributed by atoms with van der Waals surface area (Å²) in [5.41, 5.74) is 1.12. The predicted molar refractivity (Wildman–Crippen MR) is 124 cm³/mol. The maximum absolute atomic E-state index is 15.3. The Labute approximate surface area is 196 Å². The van der Waals surface area contributed by atoms with Gasteiger partial charge in [-0.25, -0.2) is 18.7 Å². The molecular formula is C25H26ClF2N3O2. The van der Waals surface area contributed by atoms with E-state index in [2.05, 4.69) is 15.3 Å². The summed E-state index contributed by atoms with van der Waals surface area (Å²) >= 11 is 5.83. The summed E-state index contributed by atoms with van der Waals surface area (Å²) in [7, 11) is 0. The minimum Gasteiger partial charge on any atom is -0.396 e. The quantitative estimate of drug-likeness (QED) is 0.487. The van der Waals surface area contributed by atoms with Crippen LogP contribution in [0.1, 0.15) is 59.9 Å². The lowest BCUT2D eigenvalue weighted by Crippen LogP contribution is -2.36. The average Bonchev–Trinajstić information content (AvgIpc) is 2.78. The zero-order chi connectivity index (χ0) is 23.8. The first-order chi connectivity index (χ1) is 15.7. The Bertz CT molecular complexity index is 1190. The zero-order valence-electron chi connectivity index (χ0n) is 18.5. The molecule has 0 saturated heterocycles. The maximum Gasteiger partial charge on any atom is 0.251 e. The Morgan fingerprint density at radius 3 is 2.76 bits per heavy atom. The number of aryl methyl sites for hydroxylation is 1. The smallest absolute Gasteiger partial charge is 0.251 e. The first kappa shape index (κ1) is 23.5. The average molecular weight is 474 g/mol. The number of aliphatic hydroxyl groups excluding tert-OH is 1. The standard InChI is InChI=1S/C25H26ClF2N3O2/c1-14(2)25(28)7-5-20-18(12-25)10-16-9-17(11-19(27)23(16)30-20)24(33)31-21(6-8-32)15-3-4-22(26)29-13-15/h3-4,9-11,13-14,21,32H,5-8,12H2,1-2H3,(H,31,33)/t21?,25-/m0/s1. The fraction of sp³-hybridized carbons (Fsp3) is 0.400. The van der Waals surface area contributed by atoms with Gasteiger partial charge in [-0.1, -0.05) is 31.5 Å². The van der Waals surface area contributed by atoms with E-state index >= 15 is 4.39 Å². The number of nitrogens with one attached hydrogen (secondary N) is 1. The van der Waals surface area contributed by atoms with Crippen molar-refractivity contribution in [1.29, 1.82) is 0 Å². The highest BCUT2D eigenvalue weighted by Gasteiger charge is 2.38. The Kier molecular flexibility index (Phi) is 6.64. The van der Waals surface area contributed by atoms with Crippen molar-refractivity contribution in [3.63, 3.8) is 0 Å². The zero-order valence-corrected chi connectivity index (χ0v) is 19.3. The minimum absolute atomic E-state index is 0.123. The van der Waals surface area contributed by atoms with Gasteiger partial charge in [-0.15, -0.1) is 0 Å². The van der Waals surface area contributed by atoms with E-state index in [9.17, 15) is 14.3 Å². The van der Waals surface area contributed by atoms with E-state index < -0.39 is 23.4 Å². The summed E-state index contributed by atoms with van der Waals surface area (Å²) in [4.78, 5) is 21.4. The molecule has 0 aliphatic heterocycles. The van der Waals surface area contributed by atoms with Crippen LogP contribution in [0.15, 0.2) is 36.5 Å². The molecule has 0 fully saturated rings. The van der Waals surface area contributed by atoms with Gasteiger partial charge in [0.2, 0.25) is 0 Å². The van der Waals surface area contributed by atoms with Crippen LogP contribution in [0.3, 0.4) is 0 Å². The van der Waals surface area contributed by atoms with Crippen molar-refractivity contribution in [1.82, 2.24) is 15.3 Å². The molecule has 0 saturated carbocycles. The number of hydrogen-bond donors (Lipinski definition) is 2. The molecule has 1 aliphatic carbocycles. The Morgan fingerprint density at radius 1 is 1.30 bits per heavy atom. The van der Waals surface area contributed by atoms with Crippen LogP contribution in [0.2, 0.25) is 5.15 Å². The number of alkyl halides is 1. The molecule has 174 valence electrons. The number of carbonyl (C=O) groups is 1. The number of benzene rings is 1. The summed E-state index contributed by atoms with van der Waals surface area (Å²) in [6.07, 6.45) is 2.83. The summed E-state index contributed by atoms with van der Waals surface area (Å²) in [5.74, 6) is -1.24. The molecule has 5 nitrogen and oxygen atoms in total. The van der Waals surface area contributed by atoms with Gasteiger partial charge in [0.1, 0.15) is 22.2 Å². The summed E-state index contributed by atoms with van der Waals surface area (Å²) in [5, 5.41) is 13.0. The largest absolute Gasteiger partial charge is 0.396 e. The molecule has 1 amide bonds. The van der Waals surface area contributed by atoms with E-state index in [1.54, 1.807) is 24.3 Å². The molecule has 0 radical (unpaired) electrons. The molecule has 0 bridgehead atoms. The Balaban J connectivity index is 1.65. The second kappa shape index (κ2) is 9.31. The lowest BCUT2D eigenvalue weighted by molar-refractivity contribution is 0.0821. The van der Waals surface area contributed by atoms with Crippen molar-refractivity contribution >= 4 is 28.4 Å². The van der Waals surface area contributed by atoms with E-state index in [1.807, 2.05) is 13.8 Å². The van der Waals surface area contributed by atoms with Crippen molar-refractivity contribution in [2.24, 2.45) is 5.92 Å². The number of aliphatic hydroxyl groups is 1. The fourth-order valence-corrected chi connectivity index (χ4v) is 4.45. The molecular weight excluding hydrogens is 448 g/mol. The van der Waals surface area contributed by atoms with Crippen molar-refractivity contribution < 1.29 is 18.7 Å². The number of amides is 1. The minimum atomic E-state index is -1.32. The number of fused-ring (bicyclic) bond motifs is 2. The van der Waals surface area contributed by atoms with E-state index in [0.717, 1.165) is 11.6 Å². The molecule has 8 heteroatoms. The van der Waals surface area contributed by atoms with Gasteiger partial charge in [-0.3, -0.25) is 4.79 Å². The highest BCUT2D eigenvalue weighted by molar-refractivity contribution is 6.29. The van der Waals surface area contributed by atoms with Crippen LogP contribution in [0.4, 0.5) is 8.78 Å². The molecule has 1 aliphatic rings. The van der Waals surface area contributed by atoms with Crippen LogP contribution in [0.5, 0.6) is 0 Å². The number of pyridine rings is 2. The third-order valence-corrected chi connectivity index (χ3v) is 6.70. The maximum atomic E-state index is 15.3. The lowest BCUT2D eigenvalue weighted by atomic mass is 9.77. The molecule has 2 N–H and O–H groups in total. The third kappa shape index (κ3) is 4.84. The lowest BCUT2D eigenvalue weighted by Gasteiger charge is -2.34. The predicted octanol–water partition coefficient (Wildman–Crippen LogP) is 5.13. The SMILES string of the molecule is CC(C)[C@]1(F)CCc2nc3c(F)cc(C(=O)NC(CCO)c4ccc(Cl)nc4)cc3cc2C1. The molecule has 2 aromatic heterocycles. The molecule has 33 heavy (non-hydrogen) atoms. The van der Waals surface area contributed by atoms with Crippen LogP contribution in [-0.2, 0) is 12.8 Å². The number of aromatic nitrogens is 2. The van der Waals surface area contributed by atoms with Gasteiger partial charge in [0.25, 0.3) is 5.91 Å². The number of nitrogens with zero attached hydrogens (tertiary/aromatic N) is 2. The van der Waals surface area contributed by atoms with Gasteiger partial charge in [0.15, 0.2) is 0 Å². The van der Waals surface area contributed by atoms with Crippen LogP contribution in [-0.4, -0.2) is 33.3 Å². The van der Waals surface area contributed by atoms with Crippen molar-refractivity contribution in [2.75, 3.05) is 6.61 Å². The van der Waals surface area contributed by atoms with E-state index in [4.69, 9.17) is 11.6 Å². The fourth-order valence-electron chi connectivity index (χ4n) is 4.34. The second-order valence-corrected chi connectivity index (χ2v) is 9.33. The van der Waals surface area contributed by atoms with Gasteiger partial charge in [-0.2, -0.15) is 0 Å². The summed E-state index contributed by atoms with van der Waals surface area (Å²) < 4.78 is 30.2. The summed E-state index contributed by atoms with van der Waals surface area (Å²) in [6, 6.07) is 7.27. The molecule has 2 atom stereocenters. The topological polar surface area (TPSA) is 75.1 Å². The Hall–Kier alpha value is -2.64. The first-order valence-electron chi connectivity index (χ1n) is 11.0. The molecule has 1 unspecified atom stereocenters. The number of rotatable bonds is 6. The van der Waals surface area contributed by atoms with Gasteiger partial charge >= 0.3 is 0 Å². The highest BCUT2D eigenvalue weighted by Crippen LogP contribution is 2.38. The van der Waals surface area contributed by atoms with Crippen LogP contribution in [0, 0.1) is 11.7 Å². The molecule has 3 aromatic rings. The van der Waals surface area contributed by atoms with Crippen LogP contribution < -0.4 is 5.32 Å². The van der Waals surface area contributed by atoms with Gasteiger partial charge < -0.3 is 10.4 Å². The molecule has 1 aromatic carbocycles. The number of carbonyl (C=O) groups excluding carboxylic acids is 1. The first-order valence-corrected chi connectivity index (χ1v) is 11.4. The van der Waals surface area contributed by atoms with Crippen LogP contribution >= 0.6 is 11.6 Å². The normalized spacial score (nSPS) is 18.9. The Morgan fingerprint density at radius 2 is 2.09 bits per heavy atom. The molecule has 2 heterocycles. The van der Waals surface area contributed by atoms with Crippen molar-refractivity contribution in [2.45, 2.75) is 51.2 Å². The van der Waals surface area contributed by atoms with Gasteiger partial charge in [0, 0.05) is 35.9 Å². The van der Waals surface area contributed by atoms with Crippen molar-refractivity contribution in [3.8, 4) is 0 Å². The van der Waals surface area contributed by atoms with Crippen molar-refractivity contribution in [3.05, 3.63) is 69.9 Å². The highest BCUT2D eigenvalue weighted by atomic mass is 35.5.